The average molecular weight is 327 g/mol. The molecule has 0 heterocycles. The van der Waals surface area contributed by atoms with Gasteiger partial charge < -0.3 is 14.8 Å². The van der Waals surface area contributed by atoms with Crippen LogP contribution in [-0.4, -0.2) is 12.7 Å². The van der Waals surface area contributed by atoms with Crippen molar-refractivity contribution in [1.29, 1.82) is 0 Å². The fraction of sp³-hybridized carbons (Fsp3) is 0.429. The van der Waals surface area contributed by atoms with Gasteiger partial charge in [-0.05, 0) is 44.4 Å². The van der Waals surface area contributed by atoms with Crippen LogP contribution in [-0.2, 0) is 6.54 Å². The molecule has 2 aromatic carbocycles. The summed E-state index contributed by atoms with van der Waals surface area (Å²) < 4.78 is 11.8. The van der Waals surface area contributed by atoms with E-state index in [1.165, 1.54) is 0 Å². The first-order valence-corrected chi connectivity index (χ1v) is 8.76. The summed E-state index contributed by atoms with van der Waals surface area (Å²) in [6.45, 7) is 9.95. The number of para-hydroxylation sites is 3. The predicted molar refractivity (Wildman–Crippen MR) is 101 cm³/mol. The third kappa shape index (κ3) is 5.80. The third-order valence-electron chi connectivity index (χ3n) is 3.64. The van der Waals surface area contributed by atoms with Crippen molar-refractivity contribution in [2.45, 2.75) is 46.8 Å². The zero-order chi connectivity index (χ0) is 17.4. The zero-order valence-corrected chi connectivity index (χ0v) is 15.2. The molecule has 3 nitrogen and oxygen atoms in total. The summed E-state index contributed by atoms with van der Waals surface area (Å²) in [5.74, 6) is 2.48. The molecule has 0 saturated heterocycles. The summed E-state index contributed by atoms with van der Waals surface area (Å²) in [7, 11) is 0. The minimum atomic E-state index is 0.152. The number of anilines is 1. The molecule has 0 fully saturated rings. The van der Waals surface area contributed by atoms with Crippen LogP contribution in [0.25, 0.3) is 0 Å². The fourth-order valence-electron chi connectivity index (χ4n) is 2.36. The van der Waals surface area contributed by atoms with E-state index in [9.17, 15) is 0 Å². The second kappa shape index (κ2) is 9.21. The Balaban J connectivity index is 2.02. The molecule has 0 aliphatic rings. The molecule has 0 spiro atoms. The quantitative estimate of drug-likeness (QED) is 0.658. The summed E-state index contributed by atoms with van der Waals surface area (Å²) in [6, 6.07) is 16.2. The summed E-state index contributed by atoms with van der Waals surface area (Å²) in [6.07, 6.45) is 1.21. The number of benzene rings is 2. The Morgan fingerprint density at radius 2 is 1.54 bits per heavy atom. The van der Waals surface area contributed by atoms with E-state index in [1.807, 2.05) is 56.3 Å². The van der Waals surface area contributed by atoms with Crippen molar-refractivity contribution < 1.29 is 9.47 Å². The maximum Gasteiger partial charge on any atom is 0.142 e. The molecule has 0 aromatic heterocycles. The molecule has 0 amide bonds. The van der Waals surface area contributed by atoms with Gasteiger partial charge in [-0.25, -0.2) is 0 Å². The lowest BCUT2D eigenvalue weighted by Gasteiger charge is -2.17. The molecular weight excluding hydrogens is 298 g/mol. The highest BCUT2D eigenvalue weighted by Crippen LogP contribution is 2.27. The SMILES string of the molecule is CC(C)CCOc1ccccc1CNc1ccccc1OC(C)C. The molecule has 0 atom stereocenters. The Labute approximate surface area is 146 Å². The molecule has 0 radical (unpaired) electrons. The third-order valence-corrected chi connectivity index (χ3v) is 3.64. The Bertz CT molecular complexity index is 623. The normalized spacial score (nSPS) is 10.9. The topological polar surface area (TPSA) is 30.5 Å². The molecule has 2 aromatic rings. The van der Waals surface area contributed by atoms with Crippen LogP contribution in [0.4, 0.5) is 5.69 Å². The van der Waals surface area contributed by atoms with Gasteiger partial charge in [0.1, 0.15) is 11.5 Å². The van der Waals surface area contributed by atoms with Crippen molar-refractivity contribution in [2.24, 2.45) is 5.92 Å². The van der Waals surface area contributed by atoms with Crippen LogP contribution in [0.3, 0.4) is 0 Å². The van der Waals surface area contributed by atoms with E-state index in [0.29, 0.717) is 12.5 Å². The van der Waals surface area contributed by atoms with Crippen LogP contribution in [0, 0.1) is 5.92 Å². The van der Waals surface area contributed by atoms with Gasteiger partial charge in [-0.15, -0.1) is 0 Å². The minimum Gasteiger partial charge on any atom is -0.493 e. The van der Waals surface area contributed by atoms with Crippen molar-refractivity contribution in [3.05, 3.63) is 54.1 Å². The Morgan fingerprint density at radius 3 is 2.25 bits per heavy atom. The van der Waals surface area contributed by atoms with Gasteiger partial charge in [0.2, 0.25) is 0 Å². The van der Waals surface area contributed by atoms with Crippen LogP contribution in [0.15, 0.2) is 48.5 Å². The molecule has 0 aliphatic heterocycles. The van der Waals surface area contributed by atoms with Gasteiger partial charge in [0.25, 0.3) is 0 Å². The van der Waals surface area contributed by atoms with E-state index < -0.39 is 0 Å². The van der Waals surface area contributed by atoms with Crippen molar-refractivity contribution in [1.82, 2.24) is 0 Å². The number of nitrogens with one attached hydrogen (secondary N) is 1. The largest absolute Gasteiger partial charge is 0.493 e. The second-order valence-corrected chi connectivity index (χ2v) is 6.66. The highest BCUT2D eigenvalue weighted by molar-refractivity contribution is 5.56. The molecule has 2 rings (SSSR count). The molecule has 24 heavy (non-hydrogen) atoms. The lowest BCUT2D eigenvalue weighted by atomic mass is 10.1. The Kier molecular flexibility index (Phi) is 6.98. The van der Waals surface area contributed by atoms with E-state index in [1.54, 1.807) is 0 Å². The first kappa shape index (κ1) is 18.2. The highest BCUT2D eigenvalue weighted by Gasteiger charge is 2.07. The maximum absolute atomic E-state index is 5.96. The monoisotopic (exact) mass is 327 g/mol. The van der Waals surface area contributed by atoms with Crippen molar-refractivity contribution in [2.75, 3.05) is 11.9 Å². The number of ether oxygens (including phenoxy) is 2. The fourth-order valence-corrected chi connectivity index (χ4v) is 2.36. The van der Waals surface area contributed by atoms with Gasteiger partial charge >= 0.3 is 0 Å². The molecule has 0 bridgehead atoms. The van der Waals surface area contributed by atoms with Gasteiger partial charge in [-0.2, -0.15) is 0 Å². The predicted octanol–water partition coefficient (Wildman–Crippen LogP) is 5.51. The molecule has 3 heteroatoms. The van der Waals surface area contributed by atoms with Crippen LogP contribution in [0.1, 0.15) is 39.7 Å². The summed E-state index contributed by atoms with van der Waals surface area (Å²) in [5.41, 5.74) is 2.16. The molecule has 1 N–H and O–H groups in total. The zero-order valence-electron chi connectivity index (χ0n) is 15.2. The van der Waals surface area contributed by atoms with E-state index in [-0.39, 0.29) is 6.10 Å². The Morgan fingerprint density at radius 1 is 0.875 bits per heavy atom. The lowest BCUT2D eigenvalue weighted by molar-refractivity contribution is 0.243. The van der Waals surface area contributed by atoms with Gasteiger partial charge in [-0.1, -0.05) is 44.2 Å². The summed E-state index contributed by atoms with van der Waals surface area (Å²) >= 11 is 0. The van der Waals surface area contributed by atoms with E-state index in [0.717, 1.165) is 35.8 Å². The van der Waals surface area contributed by atoms with Gasteiger partial charge in [0.05, 0.1) is 18.4 Å². The molecule has 0 aliphatic carbocycles. The number of hydrogen-bond donors (Lipinski definition) is 1. The second-order valence-electron chi connectivity index (χ2n) is 6.66. The Hall–Kier alpha value is -2.16. The van der Waals surface area contributed by atoms with Crippen molar-refractivity contribution in [3.63, 3.8) is 0 Å². The minimum absolute atomic E-state index is 0.152. The van der Waals surface area contributed by atoms with Crippen LogP contribution >= 0.6 is 0 Å². The summed E-state index contributed by atoms with van der Waals surface area (Å²) in [4.78, 5) is 0. The smallest absolute Gasteiger partial charge is 0.142 e. The van der Waals surface area contributed by atoms with Crippen LogP contribution in [0.2, 0.25) is 0 Å². The standard InChI is InChI=1S/C21H29NO2/c1-16(2)13-14-23-20-11-7-5-9-18(20)15-22-19-10-6-8-12-21(19)24-17(3)4/h5-12,16-17,22H,13-15H2,1-4H3. The maximum atomic E-state index is 5.96. The average Bonchev–Trinajstić information content (AvgIpc) is 2.54. The van der Waals surface area contributed by atoms with Crippen LogP contribution in [0.5, 0.6) is 11.5 Å². The van der Waals surface area contributed by atoms with Gasteiger partial charge in [0.15, 0.2) is 0 Å². The van der Waals surface area contributed by atoms with Crippen molar-refractivity contribution >= 4 is 5.69 Å². The van der Waals surface area contributed by atoms with E-state index in [4.69, 9.17) is 9.47 Å². The molecule has 130 valence electrons. The number of hydrogen-bond acceptors (Lipinski definition) is 3. The first-order valence-electron chi connectivity index (χ1n) is 8.76. The molecule has 0 unspecified atom stereocenters. The first-order chi connectivity index (χ1) is 11.6. The van der Waals surface area contributed by atoms with E-state index in [2.05, 4.69) is 25.2 Å². The lowest BCUT2D eigenvalue weighted by Crippen LogP contribution is -2.09. The van der Waals surface area contributed by atoms with Crippen LogP contribution < -0.4 is 14.8 Å². The van der Waals surface area contributed by atoms with Gasteiger partial charge in [-0.3, -0.25) is 0 Å². The van der Waals surface area contributed by atoms with Crippen molar-refractivity contribution in [3.8, 4) is 11.5 Å². The number of rotatable bonds is 9. The highest BCUT2D eigenvalue weighted by atomic mass is 16.5. The summed E-state index contributed by atoms with van der Waals surface area (Å²) in [5, 5.41) is 3.47. The molecular formula is C21H29NO2. The van der Waals surface area contributed by atoms with Gasteiger partial charge in [0, 0.05) is 12.1 Å². The molecule has 0 saturated carbocycles. The van der Waals surface area contributed by atoms with E-state index >= 15 is 0 Å².